The number of carbonyl (C=O) groups is 1. The van der Waals surface area contributed by atoms with Crippen molar-refractivity contribution in [2.24, 2.45) is 0 Å². The summed E-state index contributed by atoms with van der Waals surface area (Å²) in [4.78, 5) is 11.2. The van der Waals surface area contributed by atoms with Gasteiger partial charge in [0.05, 0.1) is 7.11 Å². The van der Waals surface area contributed by atoms with E-state index in [-0.39, 0.29) is 0 Å². The van der Waals surface area contributed by atoms with Crippen LogP contribution in [-0.2, 0) is 19.6 Å². The molecule has 100 valence electrons. The van der Waals surface area contributed by atoms with Crippen LogP contribution < -0.4 is 10.0 Å². The Balaban J connectivity index is 2.85. The van der Waals surface area contributed by atoms with Gasteiger partial charge in [0, 0.05) is 18.4 Å². The molecule has 1 aromatic carbocycles. The fraction of sp³-hybridized carbons (Fsp3) is 0.364. The second kappa shape index (κ2) is 5.72. The van der Waals surface area contributed by atoms with Crippen LogP contribution in [-0.4, -0.2) is 33.8 Å². The van der Waals surface area contributed by atoms with Crippen LogP contribution in [0.15, 0.2) is 24.3 Å². The summed E-state index contributed by atoms with van der Waals surface area (Å²) in [5.74, 6) is -0.797. The molecule has 0 saturated carbocycles. The molecule has 0 aromatic heterocycles. The maximum atomic E-state index is 11.8. The minimum absolute atomic E-state index is 0.393. The van der Waals surface area contributed by atoms with Crippen molar-refractivity contribution in [3.8, 4) is 0 Å². The Morgan fingerprint density at radius 2 is 1.72 bits per heavy atom. The molecule has 1 aromatic rings. The molecule has 1 rings (SSSR count). The van der Waals surface area contributed by atoms with Crippen molar-refractivity contribution < 1.29 is 17.9 Å². The molecule has 0 aliphatic carbocycles. The summed E-state index contributed by atoms with van der Waals surface area (Å²) in [7, 11) is -0.878. The first-order chi connectivity index (χ1) is 8.40. The molecule has 0 aliphatic heterocycles. The normalized spacial score (nSPS) is 12.6. The first kappa shape index (κ1) is 14.3. The Morgan fingerprint density at radius 1 is 1.22 bits per heavy atom. The second-order valence-electron chi connectivity index (χ2n) is 3.64. The van der Waals surface area contributed by atoms with Gasteiger partial charge in [-0.15, -0.1) is 0 Å². The largest absolute Gasteiger partial charge is 0.468 e. The molecule has 0 fully saturated rings. The van der Waals surface area contributed by atoms with Crippen LogP contribution in [0.3, 0.4) is 0 Å². The van der Waals surface area contributed by atoms with Gasteiger partial charge in [0.25, 0.3) is 0 Å². The molecule has 1 unspecified atom stereocenters. The highest BCUT2D eigenvalue weighted by Crippen LogP contribution is 2.16. The fourth-order valence-corrected chi connectivity index (χ4v) is 2.24. The van der Waals surface area contributed by atoms with Gasteiger partial charge in [-0.2, -0.15) is 0 Å². The molecule has 7 heteroatoms. The summed E-state index contributed by atoms with van der Waals surface area (Å²) < 4.78 is 30.4. The molecule has 6 nitrogen and oxygen atoms in total. The molecule has 0 spiro atoms. The molecule has 0 heterocycles. The Morgan fingerprint density at radius 3 is 2.17 bits per heavy atom. The molecule has 0 amide bonds. The number of hydrogen-bond acceptors (Lipinski definition) is 5. The molecule has 0 aliphatic rings. The molecule has 1 atom stereocenters. The van der Waals surface area contributed by atoms with Crippen LogP contribution in [0.4, 0.5) is 11.4 Å². The third-order valence-corrected chi connectivity index (χ3v) is 4.08. The number of nitrogens with one attached hydrogen (secondary N) is 2. The average molecular weight is 272 g/mol. The smallest absolute Gasteiger partial charge is 0.325 e. The van der Waals surface area contributed by atoms with Crippen LogP contribution in [0.5, 0.6) is 0 Å². The van der Waals surface area contributed by atoms with E-state index in [9.17, 15) is 13.2 Å². The van der Waals surface area contributed by atoms with Gasteiger partial charge in [-0.3, -0.25) is 9.52 Å². The van der Waals surface area contributed by atoms with Crippen LogP contribution in [0.25, 0.3) is 0 Å². The summed E-state index contributed by atoms with van der Waals surface area (Å²) >= 11 is 0. The lowest BCUT2D eigenvalue weighted by atomic mass is 10.3. The van der Waals surface area contributed by atoms with E-state index < -0.39 is 21.2 Å². The van der Waals surface area contributed by atoms with E-state index in [4.69, 9.17) is 0 Å². The van der Waals surface area contributed by atoms with Crippen molar-refractivity contribution in [2.45, 2.75) is 12.2 Å². The molecular formula is C11H16N2O4S. The monoisotopic (exact) mass is 272 g/mol. The molecule has 0 saturated heterocycles. The topological polar surface area (TPSA) is 84.5 Å². The van der Waals surface area contributed by atoms with E-state index in [1.54, 1.807) is 31.3 Å². The highest BCUT2D eigenvalue weighted by atomic mass is 32.2. The predicted octanol–water partition coefficient (Wildman–Crippen LogP) is 1.03. The lowest BCUT2D eigenvalue weighted by Crippen LogP contribution is -2.33. The van der Waals surface area contributed by atoms with Gasteiger partial charge in [0.15, 0.2) is 5.25 Å². The van der Waals surface area contributed by atoms with Gasteiger partial charge in [-0.1, -0.05) is 0 Å². The number of ether oxygens (including phenoxy) is 1. The first-order valence-electron chi connectivity index (χ1n) is 5.28. The number of anilines is 2. The molecule has 0 radical (unpaired) electrons. The van der Waals surface area contributed by atoms with E-state index in [0.29, 0.717) is 5.69 Å². The third kappa shape index (κ3) is 3.36. The van der Waals surface area contributed by atoms with Crippen molar-refractivity contribution >= 4 is 27.4 Å². The van der Waals surface area contributed by atoms with E-state index in [0.717, 1.165) is 12.8 Å². The number of rotatable bonds is 5. The summed E-state index contributed by atoms with van der Waals surface area (Å²) in [5, 5.41) is 1.66. The number of sulfonamides is 1. The third-order valence-electron chi connectivity index (χ3n) is 2.43. The van der Waals surface area contributed by atoms with Gasteiger partial charge >= 0.3 is 5.97 Å². The van der Waals surface area contributed by atoms with Gasteiger partial charge < -0.3 is 10.1 Å². The first-order valence-corrected chi connectivity index (χ1v) is 6.82. The second-order valence-corrected chi connectivity index (χ2v) is 5.64. The molecule has 18 heavy (non-hydrogen) atoms. The number of hydrogen-bond donors (Lipinski definition) is 2. The standard InChI is InChI=1S/C11H16N2O4S/c1-8(11(14)17-3)18(15,16)13-10-6-4-9(12-2)5-7-10/h4-8,12-13H,1-3H3. The zero-order valence-electron chi connectivity index (χ0n) is 10.4. The Labute approximate surface area is 106 Å². The lowest BCUT2D eigenvalue weighted by molar-refractivity contribution is -0.139. The quantitative estimate of drug-likeness (QED) is 0.782. The average Bonchev–Trinajstić information content (AvgIpc) is 2.37. The summed E-state index contributed by atoms with van der Waals surface area (Å²) in [6.45, 7) is 1.27. The van der Waals surface area contributed by atoms with Crippen LogP contribution in [0, 0.1) is 0 Å². The van der Waals surface area contributed by atoms with Crippen molar-refractivity contribution in [3.05, 3.63) is 24.3 Å². The van der Waals surface area contributed by atoms with Crippen molar-refractivity contribution in [3.63, 3.8) is 0 Å². The Hall–Kier alpha value is -1.76. The van der Waals surface area contributed by atoms with Crippen LogP contribution in [0.2, 0.25) is 0 Å². The minimum atomic E-state index is -3.79. The van der Waals surface area contributed by atoms with Crippen LogP contribution in [0.1, 0.15) is 6.92 Å². The zero-order valence-corrected chi connectivity index (χ0v) is 11.2. The van der Waals surface area contributed by atoms with Crippen molar-refractivity contribution in [2.75, 3.05) is 24.2 Å². The maximum absolute atomic E-state index is 11.8. The summed E-state index contributed by atoms with van der Waals surface area (Å²) in [5.41, 5.74) is 1.25. The lowest BCUT2D eigenvalue weighted by Gasteiger charge is -2.13. The van der Waals surface area contributed by atoms with Gasteiger partial charge in [-0.25, -0.2) is 8.42 Å². The van der Waals surface area contributed by atoms with Crippen molar-refractivity contribution in [1.82, 2.24) is 0 Å². The van der Waals surface area contributed by atoms with Gasteiger partial charge in [0.2, 0.25) is 10.0 Å². The van der Waals surface area contributed by atoms with Crippen molar-refractivity contribution in [1.29, 1.82) is 0 Å². The Kier molecular flexibility index (Phi) is 4.55. The fourth-order valence-electron chi connectivity index (χ4n) is 1.25. The number of benzene rings is 1. The molecule has 2 N–H and O–H groups in total. The number of esters is 1. The van der Waals surface area contributed by atoms with Crippen LogP contribution >= 0.6 is 0 Å². The van der Waals surface area contributed by atoms with Gasteiger partial charge in [-0.05, 0) is 31.2 Å². The molecular weight excluding hydrogens is 256 g/mol. The number of carbonyl (C=O) groups excluding carboxylic acids is 1. The zero-order chi connectivity index (χ0) is 13.8. The SMILES string of the molecule is CNc1ccc(NS(=O)(=O)C(C)C(=O)OC)cc1. The highest BCUT2D eigenvalue weighted by Gasteiger charge is 2.28. The highest BCUT2D eigenvalue weighted by molar-refractivity contribution is 7.94. The van der Waals surface area contributed by atoms with E-state index >= 15 is 0 Å². The maximum Gasteiger partial charge on any atom is 0.325 e. The van der Waals surface area contributed by atoms with E-state index in [1.807, 2.05) is 0 Å². The van der Waals surface area contributed by atoms with E-state index in [2.05, 4.69) is 14.8 Å². The van der Waals surface area contributed by atoms with Gasteiger partial charge in [0.1, 0.15) is 0 Å². The molecule has 0 bridgehead atoms. The summed E-state index contributed by atoms with van der Waals surface area (Å²) in [6, 6.07) is 6.65. The summed E-state index contributed by atoms with van der Waals surface area (Å²) in [6.07, 6.45) is 0. The number of methoxy groups -OCH3 is 1. The predicted molar refractivity (Wildman–Crippen MR) is 70.0 cm³/mol. The van der Waals surface area contributed by atoms with E-state index in [1.165, 1.54) is 6.92 Å². The Bertz CT molecular complexity index is 510. The minimum Gasteiger partial charge on any atom is -0.468 e.